The molecule has 0 saturated carbocycles. The Balaban J connectivity index is 2.08. The summed E-state index contributed by atoms with van der Waals surface area (Å²) in [6, 6.07) is 16.1. The van der Waals surface area contributed by atoms with Gasteiger partial charge < -0.3 is 4.90 Å². The average Bonchev–Trinajstić information content (AvgIpc) is 2.51. The molecule has 2 nitrogen and oxygen atoms in total. The lowest BCUT2D eigenvalue weighted by atomic mass is 9.95. The molecular weight excluding hydrogens is 265 g/mol. The molecule has 0 aliphatic carbocycles. The lowest BCUT2D eigenvalue weighted by Crippen LogP contribution is -2.31. The van der Waals surface area contributed by atoms with Crippen molar-refractivity contribution in [3.8, 4) is 0 Å². The van der Waals surface area contributed by atoms with Crippen LogP contribution in [-0.2, 0) is 11.3 Å². The van der Waals surface area contributed by atoms with Gasteiger partial charge in [0.1, 0.15) is 5.82 Å². The Morgan fingerprint density at radius 3 is 2.29 bits per heavy atom. The molecule has 2 aromatic carbocycles. The van der Waals surface area contributed by atoms with Gasteiger partial charge in [0.05, 0.1) is 5.92 Å². The first kappa shape index (κ1) is 15.2. The summed E-state index contributed by atoms with van der Waals surface area (Å²) < 4.78 is 12.9. The fraction of sp³-hybridized carbons (Fsp3) is 0.278. The first-order valence-electron chi connectivity index (χ1n) is 7.16. The minimum atomic E-state index is -0.261. The van der Waals surface area contributed by atoms with Crippen LogP contribution >= 0.6 is 0 Å². The van der Waals surface area contributed by atoms with Crippen LogP contribution in [0.5, 0.6) is 0 Å². The van der Waals surface area contributed by atoms with Crippen LogP contribution in [0.15, 0.2) is 54.6 Å². The third kappa shape index (κ3) is 3.91. The van der Waals surface area contributed by atoms with Crippen LogP contribution in [0.25, 0.3) is 0 Å². The number of likely N-dealkylation sites (N-methyl/N-ethyl adjacent to an activating group) is 1. The average molecular weight is 285 g/mol. The standard InChI is InChI=1S/C18H20FNO/c1-3-17(15-7-5-4-6-8-15)18(21)20(2)13-14-9-11-16(19)12-10-14/h4-12,17H,3,13H2,1-2H3/t17-/m0/s1. The van der Waals surface area contributed by atoms with E-state index in [1.165, 1.54) is 12.1 Å². The van der Waals surface area contributed by atoms with Crippen molar-refractivity contribution in [3.05, 3.63) is 71.5 Å². The van der Waals surface area contributed by atoms with Crippen LogP contribution in [0.3, 0.4) is 0 Å². The molecule has 0 aromatic heterocycles. The van der Waals surface area contributed by atoms with Crippen molar-refractivity contribution in [2.75, 3.05) is 7.05 Å². The summed E-state index contributed by atoms with van der Waals surface area (Å²) in [7, 11) is 1.79. The predicted molar refractivity (Wildman–Crippen MR) is 82.3 cm³/mol. The number of carbonyl (C=O) groups excluding carboxylic acids is 1. The lowest BCUT2D eigenvalue weighted by molar-refractivity contribution is -0.132. The van der Waals surface area contributed by atoms with Gasteiger partial charge in [-0.1, -0.05) is 49.4 Å². The number of nitrogens with zero attached hydrogens (tertiary/aromatic N) is 1. The van der Waals surface area contributed by atoms with Crippen molar-refractivity contribution >= 4 is 5.91 Å². The molecule has 0 spiro atoms. The van der Waals surface area contributed by atoms with Gasteiger partial charge in [-0.3, -0.25) is 4.79 Å². The second-order valence-corrected chi connectivity index (χ2v) is 5.19. The molecule has 3 heteroatoms. The Kier molecular flexibility index (Phi) is 5.09. The van der Waals surface area contributed by atoms with Crippen LogP contribution in [0.1, 0.15) is 30.4 Å². The molecule has 0 fully saturated rings. The van der Waals surface area contributed by atoms with E-state index in [-0.39, 0.29) is 17.6 Å². The summed E-state index contributed by atoms with van der Waals surface area (Å²) >= 11 is 0. The summed E-state index contributed by atoms with van der Waals surface area (Å²) in [5.74, 6) is -0.298. The van der Waals surface area contributed by atoms with Crippen molar-refractivity contribution in [2.45, 2.75) is 25.8 Å². The molecule has 1 atom stereocenters. The lowest BCUT2D eigenvalue weighted by Gasteiger charge is -2.23. The maximum atomic E-state index is 12.9. The number of hydrogen-bond donors (Lipinski definition) is 0. The van der Waals surface area contributed by atoms with Crippen LogP contribution in [-0.4, -0.2) is 17.9 Å². The van der Waals surface area contributed by atoms with Gasteiger partial charge in [-0.05, 0) is 29.7 Å². The number of carbonyl (C=O) groups is 1. The van der Waals surface area contributed by atoms with Crippen molar-refractivity contribution in [1.29, 1.82) is 0 Å². The number of hydrogen-bond acceptors (Lipinski definition) is 1. The maximum absolute atomic E-state index is 12.9. The second kappa shape index (κ2) is 7.02. The monoisotopic (exact) mass is 285 g/mol. The SMILES string of the molecule is CC[C@H](C(=O)N(C)Cc1ccc(F)cc1)c1ccccc1. The first-order valence-corrected chi connectivity index (χ1v) is 7.16. The molecule has 0 bridgehead atoms. The molecule has 0 radical (unpaired) electrons. The van der Waals surface area contributed by atoms with E-state index in [1.54, 1.807) is 24.1 Å². The number of rotatable bonds is 5. The fourth-order valence-corrected chi connectivity index (χ4v) is 2.45. The molecule has 0 N–H and O–H groups in total. The molecule has 0 aliphatic rings. The Morgan fingerprint density at radius 1 is 1.10 bits per heavy atom. The zero-order chi connectivity index (χ0) is 15.2. The number of halogens is 1. The highest BCUT2D eigenvalue weighted by Crippen LogP contribution is 2.22. The quantitative estimate of drug-likeness (QED) is 0.813. The van der Waals surface area contributed by atoms with E-state index >= 15 is 0 Å². The van der Waals surface area contributed by atoms with Gasteiger partial charge in [-0.2, -0.15) is 0 Å². The van der Waals surface area contributed by atoms with E-state index in [0.29, 0.717) is 6.54 Å². The van der Waals surface area contributed by atoms with Gasteiger partial charge in [0.25, 0.3) is 0 Å². The summed E-state index contributed by atoms with van der Waals surface area (Å²) in [5, 5.41) is 0. The van der Waals surface area contributed by atoms with E-state index in [9.17, 15) is 9.18 Å². The number of amides is 1. The second-order valence-electron chi connectivity index (χ2n) is 5.19. The molecule has 110 valence electrons. The fourth-order valence-electron chi connectivity index (χ4n) is 2.45. The zero-order valence-electron chi connectivity index (χ0n) is 12.4. The van der Waals surface area contributed by atoms with Crippen LogP contribution in [0, 0.1) is 5.82 Å². The van der Waals surface area contributed by atoms with Crippen molar-refractivity contribution in [3.63, 3.8) is 0 Å². The third-order valence-electron chi connectivity index (χ3n) is 3.62. The van der Waals surface area contributed by atoms with Gasteiger partial charge in [0, 0.05) is 13.6 Å². The van der Waals surface area contributed by atoms with Crippen molar-refractivity contribution < 1.29 is 9.18 Å². The molecule has 21 heavy (non-hydrogen) atoms. The molecule has 0 aliphatic heterocycles. The van der Waals surface area contributed by atoms with Crippen LogP contribution in [0.4, 0.5) is 4.39 Å². The highest BCUT2D eigenvalue weighted by atomic mass is 19.1. The minimum absolute atomic E-state index is 0.0908. The molecule has 0 unspecified atom stereocenters. The van der Waals surface area contributed by atoms with E-state index in [1.807, 2.05) is 37.3 Å². The Labute approximate surface area is 125 Å². The van der Waals surface area contributed by atoms with Gasteiger partial charge in [-0.25, -0.2) is 4.39 Å². The smallest absolute Gasteiger partial charge is 0.230 e. The summed E-state index contributed by atoms with van der Waals surface area (Å²) in [5.41, 5.74) is 1.96. The van der Waals surface area contributed by atoms with E-state index in [0.717, 1.165) is 17.5 Å². The molecule has 0 saturated heterocycles. The molecule has 1 amide bonds. The highest BCUT2D eigenvalue weighted by Gasteiger charge is 2.21. The van der Waals surface area contributed by atoms with E-state index < -0.39 is 0 Å². The zero-order valence-corrected chi connectivity index (χ0v) is 12.4. The van der Waals surface area contributed by atoms with Gasteiger partial charge >= 0.3 is 0 Å². The number of benzene rings is 2. The van der Waals surface area contributed by atoms with Crippen LogP contribution < -0.4 is 0 Å². The Bertz CT molecular complexity index is 580. The molecule has 2 rings (SSSR count). The Morgan fingerprint density at radius 2 is 1.71 bits per heavy atom. The van der Waals surface area contributed by atoms with Gasteiger partial charge in [0.2, 0.25) is 5.91 Å². The molecule has 2 aromatic rings. The highest BCUT2D eigenvalue weighted by molar-refractivity contribution is 5.83. The Hall–Kier alpha value is -2.16. The first-order chi connectivity index (χ1) is 10.1. The molecule has 0 heterocycles. The van der Waals surface area contributed by atoms with Crippen molar-refractivity contribution in [1.82, 2.24) is 4.90 Å². The van der Waals surface area contributed by atoms with Crippen molar-refractivity contribution in [2.24, 2.45) is 0 Å². The van der Waals surface area contributed by atoms with Gasteiger partial charge in [-0.15, -0.1) is 0 Å². The summed E-state index contributed by atoms with van der Waals surface area (Å²) in [6.07, 6.45) is 0.761. The summed E-state index contributed by atoms with van der Waals surface area (Å²) in [4.78, 5) is 14.3. The van der Waals surface area contributed by atoms with Gasteiger partial charge in [0.15, 0.2) is 0 Å². The summed E-state index contributed by atoms with van der Waals surface area (Å²) in [6.45, 7) is 2.50. The minimum Gasteiger partial charge on any atom is -0.341 e. The molecular formula is C18H20FNO. The van der Waals surface area contributed by atoms with E-state index in [4.69, 9.17) is 0 Å². The normalized spacial score (nSPS) is 12.0. The maximum Gasteiger partial charge on any atom is 0.230 e. The third-order valence-corrected chi connectivity index (χ3v) is 3.62. The largest absolute Gasteiger partial charge is 0.341 e. The van der Waals surface area contributed by atoms with Crippen LogP contribution in [0.2, 0.25) is 0 Å². The predicted octanol–water partition coefficient (Wildman–Crippen LogP) is 3.98. The van der Waals surface area contributed by atoms with E-state index in [2.05, 4.69) is 0 Å². The topological polar surface area (TPSA) is 20.3 Å².